The van der Waals surface area contributed by atoms with Crippen LogP contribution in [0, 0.1) is 0 Å². The quantitative estimate of drug-likeness (QED) is 0.742. The highest BCUT2D eigenvalue weighted by atomic mass is 35.5. The van der Waals surface area contributed by atoms with Crippen molar-refractivity contribution < 1.29 is 9.53 Å². The van der Waals surface area contributed by atoms with E-state index in [9.17, 15) is 4.79 Å². The van der Waals surface area contributed by atoms with Crippen molar-refractivity contribution in [3.8, 4) is 5.75 Å². The first-order valence-electron chi connectivity index (χ1n) is 6.59. The van der Waals surface area contributed by atoms with Crippen LogP contribution in [-0.2, 0) is 0 Å². The molecule has 1 N–H and O–H groups in total. The van der Waals surface area contributed by atoms with Gasteiger partial charge in [-0.1, -0.05) is 29.3 Å². The minimum Gasteiger partial charge on any atom is -0.493 e. The molecule has 6 heteroatoms. The number of rotatable bonds is 6. The average molecular weight is 356 g/mol. The second-order valence-corrected chi connectivity index (χ2v) is 6.19. The average Bonchev–Trinajstić information content (AvgIpc) is 2.53. The Kier molecular flexibility index (Phi) is 6.43. The van der Waals surface area contributed by atoms with Crippen molar-refractivity contribution in [2.75, 3.05) is 23.9 Å². The van der Waals surface area contributed by atoms with E-state index in [1.807, 2.05) is 6.26 Å². The van der Waals surface area contributed by atoms with Gasteiger partial charge >= 0.3 is 0 Å². The Bertz CT molecular complexity index is 647. The second kappa shape index (κ2) is 8.32. The molecule has 2 aromatic rings. The van der Waals surface area contributed by atoms with Crippen LogP contribution in [0.5, 0.6) is 5.75 Å². The molecule has 0 saturated heterocycles. The standard InChI is InChI=1S/C16H15Cl2NO2S/c1-22-10-9-21-12-7-5-11(6-8-12)16(20)19-14-4-2-3-13(17)15(14)18/h2-8H,9-10H2,1H3,(H,19,20). The van der Waals surface area contributed by atoms with Crippen molar-refractivity contribution >= 4 is 46.6 Å². The molecule has 0 heterocycles. The monoisotopic (exact) mass is 355 g/mol. The highest BCUT2D eigenvalue weighted by Gasteiger charge is 2.10. The van der Waals surface area contributed by atoms with Gasteiger partial charge in [0.2, 0.25) is 0 Å². The van der Waals surface area contributed by atoms with Gasteiger partial charge in [0.05, 0.1) is 22.3 Å². The molecule has 3 nitrogen and oxygen atoms in total. The first-order chi connectivity index (χ1) is 10.6. The van der Waals surface area contributed by atoms with Gasteiger partial charge in [-0.15, -0.1) is 0 Å². The number of thioether (sulfide) groups is 1. The van der Waals surface area contributed by atoms with Crippen LogP contribution in [0.3, 0.4) is 0 Å². The predicted molar refractivity (Wildman–Crippen MR) is 94.7 cm³/mol. The smallest absolute Gasteiger partial charge is 0.255 e. The second-order valence-electron chi connectivity index (χ2n) is 4.42. The Morgan fingerprint density at radius 1 is 1.18 bits per heavy atom. The van der Waals surface area contributed by atoms with Crippen molar-refractivity contribution in [3.05, 3.63) is 58.1 Å². The minimum atomic E-state index is -0.250. The molecule has 116 valence electrons. The van der Waals surface area contributed by atoms with E-state index in [0.29, 0.717) is 27.9 Å². The van der Waals surface area contributed by atoms with Crippen molar-refractivity contribution in [2.24, 2.45) is 0 Å². The van der Waals surface area contributed by atoms with Crippen molar-refractivity contribution in [2.45, 2.75) is 0 Å². The zero-order valence-electron chi connectivity index (χ0n) is 11.9. The molecule has 0 spiro atoms. The van der Waals surface area contributed by atoms with E-state index >= 15 is 0 Å². The number of ether oxygens (including phenoxy) is 1. The fourth-order valence-corrected chi connectivity index (χ4v) is 2.34. The van der Waals surface area contributed by atoms with E-state index in [-0.39, 0.29) is 5.91 Å². The number of benzene rings is 2. The molecule has 0 aromatic heterocycles. The van der Waals surface area contributed by atoms with Gasteiger partial charge < -0.3 is 10.1 Å². The first kappa shape index (κ1) is 17.0. The molecule has 2 rings (SSSR count). The molecule has 0 aliphatic heterocycles. The van der Waals surface area contributed by atoms with Crippen LogP contribution in [0.1, 0.15) is 10.4 Å². The lowest BCUT2D eigenvalue weighted by molar-refractivity contribution is 0.102. The largest absolute Gasteiger partial charge is 0.493 e. The molecule has 0 radical (unpaired) electrons. The minimum absolute atomic E-state index is 0.250. The maximum Gasteiger partial charge on any atom is 0.255 e. The number of nitrogens with one attached hydrogen (secondary N) is 1. The first-order valence-corrected chi connectivity index (χ1v) is 8.74. The maximum atomic E-state index is 12.2. The summed E-state index contributed by atoms with van der Waals surface area (Å²) in [6, 6.07) is 12.1. The van der Waals surface area contributed by atoms with Gasteiger partial charge in [-0.3, -0.25) is 4.79 Å². The lowest BCUT2D eigenvalue weighted by atomic mass is 10.2. The van der Waals surface area contributed by atoms with E-state index in [0.717, 1.165) is 11.5 Å². The Hall–Kier alpha value is -1.36. The molecule has 0 fully saturated rings. The van der Waals surface area contributed by atoms with Crippen LogP contribution in [-0.4, -0.2) is 24.5 Å². The Labute approximate surface area is 144 Å². The van der Waals surface area contributed by atoms with E-state index in [4.69, 9.17) is 27.9 Å². The Morgan fingerprint density at radius 2 is 1.91 bits per heavy atom. The maximum absolute atomic E-state index is 12.2. The Morgan fingerprint density at radius 3 is 2.59 bits per heavy atom. The number of hydrogen-bond donors (Lipinski definition) is 1. The molecule has 22 heavy (non-hydrogen) atoms. The summed E-state index contributed by atoms with van der Waals surface area (Å²) in [4.78, 5) is 12.2. The predicted octanol–water partition coefficient (Wildman–Crippen LogP) is 4.99. The molecule has 1 amide bonds. The summed E-state index contributed by atoms with van der Waals surface area (Å²) in [6.07, 6.45) is 2.03. The summed E-state index contributed by atoms with van der Waals surface area (Å²) in [7, 11) is 0. The molecule has 2 aromatic carbocycles. The van der Waals surface area contributed by atoms with Crippen LogP contribution in [0.25, 0.3) is 0 Å². The fraction of sp³-hybridized carbons (Fsp3) is 0.188. The summed E-state index contributed by atoms with van der Waals surface area (Å²) in [5.74, 6) is 1.42. The lowest BCUT2D eigenvalue weighted by Crippen LogP contribution is -2.12. The number of anilines is 1. The van der Waals surface area contributed by atoms with E-state index < -0.39 is 0 Å². The van der Waals surface area contributed by atoms with Crippen LogP contribution >= 0.6 is 35.0 Å². The third kappa shape index (κ3) is 4.57. The van der Waals surface area contributed by atoms with Gasteiger partial charge in [-0.05, 0) is 42.7 Å². The Balaban J connectivity index is 2.02. The lowest BCUT2D eigenvalue weighted by Gasteiger charge is -2.09. The SMILES string of the molecule is CSCCOc1ccc(C(=O)Nc2cccc(Cl)c2Cl)cc1. The molecule has 0 aliphatic carbocycles. The highest BCUT2D eigenvalue weighted by molar-refractivity contribution is 7.98. The molecule has 0 aliphatic rings. The molecule has 0 atom stereocenters. The van der Waals surface area contributed by atoms with E-state index in [1.165, 1.54) is 0 Å². The summed E-state index contributed by atoms with van der Waals surface area (Å²) >= 11 is 13.7. The molecule has 0 saturated carbocycles. The third-order valence-electron chi connectivity index (χ3n) is 2.87. The van der Waals surface area contributed by atoms with Crippen LogP contribution in [0.4, 0.5) is 5.69 Å². The molecular weight excluding hydrogens is 341 g/mol. The van der Waals surface area contributed by atoms with Crippen LogP contribution in [0.15, 0.2) is 42.5 Å². The van der Waals surface area contributed by atoms with Gasteiger partial charge in [0.1, 0.15) is 5.75 Å². The number of carbonyl (C=O) groups excluding carboxylic acids is 1. The summed E-state index contributed by atoms with van der Waals surface area (Å²) in [5.41, 5.74) is 1.01. The summed E-state index contributed by atoms with van der Waals surface area (Å²) in [6.45, 7) is 0.644. The topological polar surface area (TPSA) is 38.3 Å². The van der Waals surface area contributed by atoms with Gasteiger partial charge in [0.25, 0.3) is 5.91 Å². The number of amides is 1. The van der Waals surface area contributed by atoms with Gasteiger partial charge in [0.15, 0.2) is 0 Å². The fourth-order valence-electron chi connectivity index (χ4n) is 1.74. The van der Waals surface area contributed by atoms with Crippen LogP contribution < -0.4 is 10.1 Å². The van der Waals surface area contributed by atoms with Crippen molar-refractivity contribution in [1.82, 2.24) is 0 Å². The summed E-state index contributed by atoms with van der Waals surface area (Å²) in [5, 5.41) is 3.47. The van der Waals surface area contributed by atoms with Crippen molar-refractivity contribution in [1.29, 1.82) is 0 Å². The molecule has 0 unspecified atom stereocenters. The van der Waals surface area contributed by atoms with Gasteiger partial charge in [-0.2, -0.15) is 11.8 Å². The molecular formula is C16H15Cl2NO2S. The highest BCUT2D eigenvalue weighted by Crippen LogP contribution is 2.29. The van der Waals surface area contributed by atoms with Crippen molar-refractivity contribution in [3.63, 3.8) is 0 Å². The number of carbonyl (C=O) groups is 1. The van der Waals surface area contributed by atoms with Gasteiger partial charge in [0, 0.05) is 11.3 Å². The van der Waals surface area contributed by atoms with E-state index in [2.05, 4.69) is 5.32 Å². The number of hydrogen-bond acceptors (Lipinski definition) is 3. The molecule has 0 bridgehead atoms. The zero-order chi connectivity index (χ0) is 15.9. The van der Waals surface area contributed by atoms with Crippen LogP contribution in [0.2, 0.25) is 10.0 Å². The number of halogens is 2. The zero-order valence-corrected chi connectivity index (χ0v) is 14.3. The normalized spacial score (nSPS) is 10.3. The summed E-state index contributed by atoms with van der Waals surface area (Å²) < 4.78 is 5.54. The van der Waals surface area contributed by atoms with E-state index in [1.54, 1.807) is 54.2 Å². The third-order valence-corrected chi connectivity index (χ3v) is 4.27. The van der Waals surface area contributed by atoms with Gasteiger partial charge in [-0.25, -0.2) is 0 Å².